The number of hydrogen-bond donors (Lipinski definition) is 1. The summed E-state index contributed by atoms with van der Waals surface area (Å²) in [7, 11) is -3.51. The van der Waals surface area contributed by atoms with E-state index in [0.29, 0.717) is 29.3 Å². The molecule has 3 aromatic rings. The molecular formula is C19H19FN2O3S. The molecule has 1 N–H and O–H groups in total. The number of nitrogens with one attached hydrogen (secondary N) is 1. The van der Waals surface area contributed by atoms with Gasteiger partial charge in [-0.05, 0) is 36.8 Å². The van der Waals surface area contributed by atoms with Crippen molar-refractivity contribution in [3.05, 3.63) is 77.4 Å². The molecule has 0 amide bonds. The molecule has 0 fully saturated rings. The summed E-state index contributed by atoms with van der Waals surface area (Å²) in [6.45, 7) is 2.02. The van der Waals surface area contributed by atoms with Crippen LogP contribution in [0, 0.1) is 12.7 Å². The molecule has 0 aliphatic rings. The summed E-state index contributed by atoms with van der Waals surface area (Å²) in [5.41, 5.74) is 2.12. The number of sulfonamides is 1. The summed E-state index contributed by atoms with van der Waals surface area (Å²) in [4.78, 5) is 4.45. The molecule has 7 heteroatoms. The molecule has 0 saturated carbocycles. The molecule has 0 aliphatic heterocycles. The zero-order valence-electron chi connectivity index (χ0n) is 14.3. The van der Waals surface area contributed by atoms with Crippen LogP contribution in [-0.4, -0.2) is 19.9 Å². The van der Waals surface area contributed by atoms with Crippen LogP contribution in [0.15, 0.2) is 59.0 Å². The SMILES string of the molecule is Cc1oc(-c2ccccc2)nc1CCNS(=O)(=O)Cc1ccc(F)cc1. The number of rotatable bonds is 7. The first-order valence-electron chi connectivity index (χ1n) is 8.16. The molecule has 0 radical (unpaired) electrons. The van der Waals surface area contributed by atoms with Gasteiger partial charge in [-0.1, -0.05) is 30.3 Å². The van der Waals surface area contributed by atoms with Gasteiger partial charge < -0.3 is 4.42 Å². The molecule has 0 atom stereocenters. The fourth-order valence-electron chi connectivity index (χ4n) is 2.54. The first-order valence-corrected chi connectivity index (χ1v) is 9.82. The molecule has 2 aromatic carbocycles. The van der Waals surface area contributed by atoms with Gasteiger partial charge in [0, 0.05) is 18.5 Å². The highest BCUT2D eigenvalue weighted by atomic mass is 32.2. The highest BCUT2D eigenvalue weighted by Crippen LogP contribution is 2.21. The predicted molar refractivity (Wildman–Crippen MR) is 97.4 cm³/mol. The van der Waals surface area contributed by atoms with Crippen LogP contribution < -0.4 is 4.72 Å². The van der Waals surface area contributed by atoms with Crippen LogP contribution >= 0.6 is 0 Å². The third kappa shape index (κ3) is 4.77. The highest BCUT2D eigenvalue weighted by molar-refractivity contribution is 7.88. The Morgan fingerprint density at radius 3 is 2.46 bits per heavy atom. The molecule has 0 saturated heterocycles. The van der Waals surface area contributed by atoms with E-state index in [4.69, 9.17) is 4.42 Å². The van der Waals surface area contributed by atoms with Crippen LogP contribution in [0.3, 0.4) is 0 Å². The fourth-order valence-corrected chi connectivity index (χ4v) is 3.69. The van der Waals surface area contributed by atoms with Gasteiger partial charge in [0.25, 0.3) is 0 Å². The second kappa shape index (κ2) is 7.80. The van der Waals surface area contributed by atoms with Gasteiger partial charge in [-0.3, -0.25) is 0 Å². The second-order valence-electron chi connectivity index (χ2n) is 5.92. The number of aryl methyl sites for hydroxylation is 1. The minimum atomic E-state index is -3.51. The third-order valence-electron chi connectivity index (χ3n) is 3.87. The summed E-state index contributed by atoms with van der Waals surface area (Å²) >= 11 is 0. The van der Waals surface area contributed by atoms with Gasteiger partial charge in [-0.25, -0.2) is 22.5 Å². The zero-order chi connectivity index (χ0) is 18.6. The van der Waals surface area contributed by atoms with E-state index in [1.54, 1.807) is 0 Å². The van der Waals surface area contributed by atoms with E-state index < -0.39 is 15.8 Å². The Kier molecular flexibility index (Phi) is 5.49. The summed E-state index contributed by atoms with van der Waals surface area (Å²) in [5.74, 6) is 0.601. The lowest BCUT2D eigenvalue weighted by Gasteiger charge is -2.06. The van der Waals surface area contributed by atoms with Gasteiger partial charge in [0.2, 0.25) is 15.9 Å². The molecule has 5 nitrogen and oxygen atoms in total. The first-order chi connectivity index (χ1) is 12.4. The van der Waals surface area contributed by atoms with E-state index >= 15 is 0 Å². The summed E-state index contributed by atoms with van der Waals surface area (Å²) < 4.78 is 45.4. The highest BCUT2D eigenvalue weighted by Gasteiger charge is 2.14. The lowest BCUT2D eigenvalue weighted by molar-refractivity contribution is 0.538. The van der Waals surface area contributed by atoms with Crippen molar-refractivity contribution in [2.75, 3.05) is 6.54 Å². The van der Waals surface area contributed by atoms with Gasteiger partial charge in [-0.15, -0.1) is 0 Å². The normalized spacial score (nSPS) is 11.6. The van der Waals surface area contributed by atoms with E-state index in [1.165, 1.54) is 24.3 Å². The largest absolute Gasteiger partial charge is 0.441 e. The minimum absolute atomic E-state index is 0.194. The Labute approximate surface area is 151 Å². The van der Waals surface area contributed by atoms with E-state index in [2.05, 4.69) is 9.71 Å². The van der Waals surface area contributed by atoms with Crippen molar-refractivity contribution >= 4 is 10.0 Å². The van der Waals surface area contributed by atoms with Gasteiger partial charge >= 0.3 is 0 Å². The Morgan fingerprint density at radius 2 is 1.77 bits per heavy atom. The van der Waals surface area contributed by atoms with Crippen LogP contribution in [0.5, 0.6) is 0 Å². The summed E-state index contributed by atoms with van der Waals surface area (Å²) in [5, 5.41) is 0. The van der Waals surface area contributed by atoms with Gasteiger partial charge in [-0.2, -0.15) is 0 Å². The molecule has 0 unspecified atom stereocenters. The van der Waals surface area contributed by atoms with Gasteiger partial charge in [0.05, 0.1) is 11.4 Å². The maximum atomic E-state index is 12.9. The van der Waals surface area contributed by atoms with Crippen molar-refractivity contribution in [2.24, 2.45) is 0 Å². The molecule has 3 rings (SSSR count). The van der Waals surface area contributed by atoms with Crippen LogP contribution in [0.4, 0.5) is 4.39 Å². The Hall–Kier alpha value is -2.51. The average Bonchev–Trinajstić information content (AvgIpc) is 2.98. The molecule has 0 bridgehead atoms. The Morgan fingerprint density at radius 1 is 1.08 bits per heavy atom. The number of benzene rings is 2. The molecule has 136 valence electrons. The van der Waals surface area contributed by atoms with Crippen molar-refractivity contribution in [3.63, 3.8) is 0 Å². The summed E-state index contributed by atoms with van der Waals surface area (Å²) in [6.07, 6.45) is 0.421. The lowest BCUT2D eigenvalue weighted by atomic mass is 10.2. The van der Waals surface area contributed by atoms with Crippen molar-refractivity contribution in [3.8, 4) is 11.5 Å². The fraction of sp³-hybridized carbons (Fsp3) is 0.211. The predicted octanol–water partition coefficient (Wildman–Crippen LogP) is 3.45. The number of nitrogens with zero attached hydrogens (tertiary/aromatic N) is 1. The van der Waals surface area contributed by atoms with E-state index in [-0.39, 0.29) is 12.3 Å². The van der Waals surface area contributed by atoms with Crippen LogP contribution in [-0.2, 0) is 22.2 Å². The van der Waals surface area contributed by atoms with Crippen LogP contribution in [0.2, 0.25) is 0 Å². The van der Waals surface area contributed by atoms with E-state index in [1.807, 2.05) is 37.3 Å². The standard InChI is InChI=1S/C19H19FN2O3S/c1-14-18(22-19(25-14)16-5-3-2-4-6-16)11-12-21-26(23,24)13-15-7-9-17(20)10-8-15/h2-10,21H,11-13H2,1H3. The third-order valence-corrected chi connectivity index (χ3v) is 5.22. The number of oxazole rings is 1. The van der Waals surface area contributed by atoms with Gasteiger partial charge in [0.15, 0.2) is 0 Å². The van der Waals surface area contributed by atoms with Crippen LogP contribution in [0.1, 0.15) is 17.0 Å². The molecule has 26 heavy (non-hydrogen) atoms. The Balaban J connectivity index is 1.59. The minimum Gasteiger partial charge on any atom is -0.441 e. The zero-order valence-corrected chi connectivity index (χ0v) is 15.1. The summed E-state index contributed by atoms with van der Waals surface area (Å²) in [6, 6.07) is 14.9. The Bertz CT molecular complexity index is 968. The molecule has 1 heterocycles. The maximum Gasteiger partial charge on any atom is 0.226 e. The molecule has 0 aliphatic carbocycles. The molecule has 1 aromatic heterocycles. The smallest absolute Gasteiger partial charge is 0.226 e. The monoisotopic (exact) mass is 374 g/mol. The van der Waals surface area contributed by atoms with Gasteiger partial charge in [0.1, 0.15) is 11.6 Å². The second-order valence-corrected chi connectivity index (χ2v) is 7.72. The quantitative estimate of drug-likeness (QED) is 0.687. The number of hydrogen-bond acceptors (Lipinski definition) is 4. The average molecular weight is 374 g/mol. The van der Waals surface area contributed by atoms with Crippen molar-refractivity contribution < 1.29 is 17.2 Å². The maximum absolute atomic E-state index is 12.9. The van der Waals surface area contributed by atoms with Crippen LogP contribution in [0.25, 0.3) is 11.5 Å². The number of halogens is 1. The van der Waals surface area contributed by atoms with Crippen molar-refractivity contribution in [1.29, 1.82) is 0 Å². The van der Waals surface area contributed by atoms with Crippen molar-refractivity contribution in [1.82, 2.24) is 9.71 Å². The first kappa shape index (κ1) is 18.3. The number of aromatic nitrogens is 1. The molecular weight excluding hydrogens is 355 g/mol. The van der Waals surface area contributed by atoms with Crippen molar-refractivity contribution in [2.45, 2.75) is 19.1 Å². The molecule has 0 spiro atoms. The topological polar surface area (TPSA) is 72.2 Å². The van der Waals surface area contributed by atoms with E-state index in [0.717, 1.165) is 5.56 Å². The van der Waals surface area contributed by atoms with E-state index in [9.17, 15) is 12.8 Å². The lowest BCUT2D eigenvalue weighted by Crippen LogP contribution is -2.27.